The molecule has 17 heavy (non-hydrogen) atoms. The fourth-order valence-corrected chi connectivity index (χ4v) is 1.75. The minimum Gasteiger partial charge on any atom is -0.493 e. The molecule has 0 aromatic heterocycles. The minimum absolute atomic E-state index is 0.232. The van der Waals surface area contributed by atoms with E-state index in [1.165, 1.54) is 7.11 Å². The molecule has 0 spiro atoms. The second-order valence-corrected chi connectivity index (χ2v) is 5.15. The van der Waals surface area contributed by atoms with Gasteiger partial charge in [-0.25, -0.2) is 17.6 Å². The van der Waals surface area contributed by atoms with Crippen LogP contribution in [0.1, 0.15) is 0 Å². The minimum atomic E-state index is -3.59. The highest BCUT2D eigenvalue weighted by Crippen LogP contribution is 2.33. The molecule has 94 valence electrons. The van der Waals surface area contributed by atoms with Crippen LogP contribution in [0, 0.1) is 5.82 Å². The van der Waals surface area contributed by atoms with Crippen LogP contribution in [0.2, 0.25) is 0 Å². The van der Waals surface area contributed by atoms with Gasteiger partial charge in [-0.1, -0.05) is 0 Å². The van der Waals surface area contributed by atoms with Gasteiger partial charge in [0.25, 0.3) is 0 Å². The number of amides is 1. The van der Waals surface area contributed by atoms with Crippen molar-refractivity contribution in [3.05, 3.63) is 17.9 Å². The first-order valence-electron chi connectivity index (χ1n) is 4.30. The monoisotopic (exact) mass is 263 g/mol. The van der Waals surface area contributed by atoms with E-state index >= 15 is 0 Å². The third-order valence-electron chi connectivity index (χ3n) is 1.83. The van der Waals surface area contributed by atoms with E-state index < -0.39 is 27.5 Å². The van der Waals surface area contributed by atoms with Gasteiger partial charge in [0, 0.05) is 12.3 Å². The summed E-state index contributed by atoms with van der Waals surface area (Å²) in [6.07, 6.45) is -0.315. The van der Waals surface area contributed by atoms with Crippen LogP contribution in [0.5, 0.6) is 11.5 Å². The zero-order chi connectivity index (χ0) is 13.2. The molecule has 0 bridgehead atoms. The molecule has 1 aromatic rings. The molecule has 1 amide bonds. The Hall–Kier alpha value is -1.83. The Balaban J connectivity index is 3.41. The van der Waals surface area contributed by atoms with Gasteiger partial charge >= 0.3 is 6.09 Å². The van der Waals surface area contributed by atoms with Crippen molar-refractivity contribution in [2.24, 2.45) is 5.73 Å². The quantitative estimate of drug-likeness (QED) is 0.865. The molecule has 1 rings (SSSR count). The number of ether oxygens (including phenoxy) is 2. The van der Waals surface area contributed by atoms with Gasteiger partial charge in [0.2, 0.25) is 5.75 Å². The van der Waals surface area contributed by atoms with Crippen molar-refractivity contribution < 1.29 is 27.1 Å². The number of nitrogens with two attached hydrogens (primary N) is 1. The summed E-state index contributed by atoms with van der Waals surface area (Å²) < 4.78 is 45.1. The van der Waals surface area contributed by atoms with Crippen LogP contribution in [0.25, 0.3) is 0 Å². The van der Waals surface area contributed by atoms with Gasteiger partial charge in [-0.05, 0) is 6.07 Å². The highest BCUT2D eigenvalue weighted by Gasteiger charge is 2.19. The molecule has 1 aromatic carbocycles. The van der Waals surface area contributed by atoms with Gasteiger partial charge in [-0.3, -0.25) is 0 Å². The Kier molecular flexibility index (Phi) is 3.56. The Morgan fingerprint density at radius 2 is 2.00 bits per heavy atom. The van der Waals surface area contributed by atoms with Crippen LogP contribution >= 0.6 is 0 Å². The second kappa shape index (κ2) is 4.58. The standard InChI is InChI=1S/C9H10FNO5S/c1-15-7-4-5(17(2,13)14)3-6(10)8(7)16-9(11)12/h3-4H,1-2H3,(H2,11,12). The normalized spacial score (nSPS) is 11.0. The highest BCUT2D eigenvalue weighted by molar-refractivity contribution is 7.90. The van der Waals surface area contributed by atoms with Gasteiger partial charge in [0.05, 0.1) is 12.0 Å². The SMILES string of the molecule is COc1cc(S(C)(=O)=O)cc(F)c1OC(N)=O. The number of hydrogen-bond donors (Lipinski definition) is 1. The van der Waals surface area contributed by atoms with Crippen molar-refractivity contribution in [3.8, 4) is 11.5 Å². The third kappa shape index (κ3) is 3.06. The Bertz CT molecular complexity index is 555. The predicted octanol–water partition coefficient (Wildman–Crippen LogP) is 0.695. The predicted molar refractivity (Wildman–Crippen MR) is 56.3 cm³/mol. The molecular weight excluding hydrogens is 253 g/mol. The Morgan fingerprint density at radius 3 is 2.41 bits per heavy atom. The number of primary amides is 1. The number of halogens is 1. The molecule has 0 aliphatic heterocycles. The zero-order valence-corrected chi connectivity index (χ0v) is 9.88. The Labute approximate surface area is 97.0 Å². The first-order valence-corrected chi connectivity index (χ1v) is 6.19. The zero-order valence-electron chi connectivity index (χ0n) is 9.06. The number of hydrogen-bond acceptors (Lipinski definition) is 5. The first kappa shape index (κ1) is 13.2. The lowest BCUT2D eigenvalue weighted by molar-refractivity contribution is 0.206. The molecule has 0 unspecified atom stereocenters. The average molecular weight is 263 g/mol. The molecule has 0 atom stereocenters. The maximum Gasteiger partial charge on any atom is 0.410 e. The lowest BCUT2D eigenvalue weighted by Gasteiger charge is -2.10. The maximum atomic E-state index is 13.5. The first-order chi connectivity index (χ1) is 7.75. The summed E-state index contributed by atoms with van der Waals surface area (Å²) in [7, 11) is -2.42. The van der Waals surface area contributed by atoms with E-state index in [2.05, 4.69) is 4.74 Å². The van der Waals surface area contributed by atoms with Crippen molar-refractivity contribution in [3.63, 3.8) is 0 Å². The number of benzene rings is 1. The topological polar surface area (TPSA) is 95.7 Å². The van der Waals surface area contributed by atoms with Gasteiger partial charge in [0.15, 0.2) is 21.4 Å². The molecule has 0 saturated carbocycles. The molecule has 0 heterocycles. The summed E-state index contributed by atoms with van der Waals surface area (Å²) in [4.78, 5) is 10.2. The van der Waals surface area contributed by atoms with Crippen LogP contribution < -0.4 is 15.2 Å². The van der Waals surface area contributed by atoms with Crippen LogP contribution in [0.15, 0.2) is 17.0 Å². The number of carbonyl (C=O) groups excluding carboxylic acids is 1. The van der Waals surface area contributed by atoms with E-state index in [1.54, 1.807) is 0 Å². The summed E-state index contributed by atoms with van der Waals surface area (Å²) in [6, 6.07) is 1.76. The number of rotatable bonds is 3. The van der Waals surface area contributed by atoms with E-state index in [4.69, 9.17) is 10.5 Å². The number of sulfone groups is 1. The molecule has 2 N–H and O–H groups in total. The van der Waals surface area contributed by atoms with E-state index in [0.717, 1.165) is 18.4 Å². The number of methoxy groups -OCH3 is 1. The van der Waals surface area contributed by atoms with Gasteiger partial charge in [0.1, 0.15) is 0 Å². The van der Waals surface area contributed by atoms with Crippen molar-refractivity contribution in [1.29, 1.82) is 0 Å². The van der Waals surface area contributed by atoms with E-state index in [-0.39, 0.29) is 10.6 Å². The summed E-state index contributed by atoms with van der Waals surface area (Å²) in [5.74, 6) is -1.83. The van der Waals surface area contributed by atoms with Gasteiger partial charge in [-0.2, -0.15) is 0 Å². The fraction of sp³-hybridized carbons (Fsp3) is 0.222. The second-order valence-electron chi connectivity index (χ2n) is 3.13. The summed E-state index contributed by atoms with van der Waals surface area (Å²) >= 11 is 0. The van der Waals surface area contributed by atoms with Crippen molar-refractivity contribution >= 4 is 15.9 Å². The van der Waals surface area contributed by atoms with Crippen LogP contribution in [-0.4, -0.2) is 27.9 Å². The number of carbonyl (C=O) groups is 1. The molecule has 8 heteroatoms. The molecule has 0 aliphatic rings. The fourth-order valence-electron chi connectivity index (χ4n) is 1.11. The molecule has 0 radical (unpaired) electrons. The van der Waals surface area contributed by atoms with Crippen molar-refractivity contribution in [2.75, 3.05) is 13.4 Å². The molecule has 0 fully saturated rings. The van der Waals surface area contributed by atoms with Crippen molar-refractivity contribution in [2.45, 2.75) is 4.90 Å². The van der Waals surface area contributed by atoms with Crippen LogP contribution in [-0.2, 0) is 9.84 Å². The van der Waals surface area contributed by atoms with Crippen LogP contribution in [0.3, 0.4) is 0 Å². The third-order valence-corrected chi connectivity index (χ3v) is 2.93. The van der Waals surface area contributed by atoms with Gasteiger partial charge < -0.3 is 15.2 Å². The lowest BCUT2D eigenvalue weighted by atomic mass is 10.3. The molecule has 6 nitrogen and oxygen atoms in total. The highest BCUT2D eigenvalue weighted by atomic mass is 32.2. The van der Waals surface area contributed by atoms with E-state index in [0.29, 0.717) is 0 Å². The molecule has 0 saturated heterocycles. The van der Waals surface area contributed by atoms with E-state index in [9.17, 15) is 17.6 Å². The summed E-state index contributed by atoms with van der Waals surface area (Å²) in [6.45, 7) is 0. The van der Waals surface area contributed by atoms with E-state index in [1.807, 2.05) is 0 Å². The lowest BCUT2D eigenvalue weighted by Crippen LogP contribution is -2.17. The average Bonchev–Trinajstić information content (AvgIpc) is 2.18. The summed E-state index contributed by atoms with van der Waals surface area (Å²) in [5.41, 5.74) is 4.74. The van der Waals surface area contributed by atoms with Gasteiger partial charge in [-0.15, -0.1) is 0 Å². The molecular formula is C9H10FNO5S. The molecule has 0 aliphatic carbocycles. The van der Waals surface area contributed by atoms with Crippen molar-refractivity contribution in [1.82, 2.24) is 0 Å². The smallest absolute Gasteiger partial charge is 0.410 e. The largest absolute Gasteiger partial charge is 0.493 e. The maximum absolute atomic E-state index is 13.5. The van der Waals surface area contributed by atoms with Crippen LogP contribution in [0.4, 0.5) is 9.18 Å². The summed E-state index contributed by atoms with van der Waals surface area (Å²) in [5, 5.41) is 0. The Morgan fingerprint density at radius 1 is 1.41 bits per heavy atom.